The standard InChI is InChI=1S/C9H24O4Si2/c1-7-8-11-9-15(6,10-2)13-12-14(3,4)5/h7-9H2,1-6H3. The van der Waals surface area contributed by atoms with E-state index in [4.69, 9.17) is 18.3 Å². The molecule has 0 radical (unpaired) electrons. The van der Waals surface area contributed by atoms with Gasteiger partial charge in [-0.2, -0.15) is 0 Å². The molecule has 0 heterocycles. The molecule has 0 aliphatic carbocycles. The summed E-state index contributed by atoms with van der Waals surface area (Å²) in [5.74, 6) is 0. The highest BCUT2D eigenvalue weighted by molar-refractivity contribution is 6.71. The van der Waals surface area contributed by atoms with Crippen molar-refractivity contribution in [3.8, 4) is 0 Å². The van der Waals surface area contributed by atoms with Crippen LogP contribution in [0.4, 0.5) is 0 Å². The Labute approximate surface area is 95.2 Å². The minimum Gasteiger partial charge on any atom is -0.395 e. The van der Waals surface area contributed by atoms with E-state index >= 15 is 0 Å². The second-order valence-electron chi connectivity index (χ2n) is 4.67. The number of hydrogen-bond donors (Lipinski definition) is 0. The first kappa shape index (κ1) is 15.3. The van der Waals surface area contributed by atoms with Gasteiger partial charge in [0.1, 0.15) is 0 Å². The lowest BCUT2D eigenvalue weighted by Gasteiger charge is -2.27. The van der Waals surface area contributed by atoms with Crippen molar-refractivity contribution in [1.82, 2.24) is 0 Å². The summed E-state index contributed by atoms with van der Waals surface area (Å²) in [5, 5.41) is 0. The van der Waals surface area contributed by atoms with E-state index < -0.39 is 16.9 Å². The van der Waals surface area contributed by atoms with Gasteiger partial charge in [0.2, 0.25) is 8.32 Å². The van der Waals surface area contributed by atoms with E-state index in [1.54, 1.807) is 7.11 Å². The van der Waals surface area contributed by atoms with Gasteiger partial charge in [-0.1, -0.05) is 6.92 Å². The largest absolute Gasteiger partial charge is 0.395 e. The molecule has 0 bridgehead atoms. The zero-order valence-corrected chi connectivity index (χ0v) is 12.8. The molecule has 0 aliphatic rings. The minimum absolute atomic E-state index is 0.516. The molecule has 0 spiro atoms. The van der Waals surface area contributed by atoms with Crippen LogP contribution >= 0.6 is 0 Å². The van der Waals surface area contributed by atoms with Crippen LogP contribution in [-0.2, 0) is 18.3 Å². The summed E-state index contributed by atoms with van der Waals surface area (Å²) in [4.78, 5) is 0. The second kappa shape index (κ2) is 6.77. The summed E-state index contributed by atoms with van der Waals surface area (Å²) in [6.07, 6.45) is 1.52. The molecule has 0 aromatic carbocycles. The SMILES string of the molecule is CCCOC[Si](C)(OC)OO[Si](C)(C)C. The molecule has 1 atom stereocenters. The lowest BCUT2D eigenvalue weighted by atomic mass is 10.5. The van der Waals surface area contributed by atoms with Crippen molar-refractivity contribution in [2.75, 3.05) is 19.9 Å². The van der Waals surface area contributed by atoms with E-state index in [1.807, 2.05) is 6.55 Å². The summed E-state index contributed by atoms with van der Waals surface area (Å²) in [7, 11) is -2.29. The molecule has 0 N–H and O–H groups in total. The Bertz CT molecular complexity index is 172. The molecule has 92 valence electrons. The Morgan fingerprint density at radius 1 is 1.00 bits per heavy atom. The lowest BCUT2D eigenvalue weighted by molar-refractivity contribution is -0.148. The zero-order valence-electron chi connectivity index (χ0n) is 10.8. The number of hydrogen-bond acceptors (Lipinski definition) is 4. The maximum atomic E-state index is 5.45. The van der Waals surface area contributed by atoms with Crippen molar-refractivity contribution < 1.29 is 18.3 Å². The van der Waals surface area contributed by atoms with Crippen LogP contribution in [0.15, 0.2) is 0 Å². The first-order chi connectivity index (χ1) is 6.83. The highest BCUT2D eigenvalue weighted by Crippen LogP contribution is 2.12. The lowest BCUT2D eigenvalue weighted by Crippen LogP contribution is -2.46. The summed E-state index contributed by atoms with van der Waals surface area (Å²) in [6, 6.07) is 0. The quantitative estimate of drug-likeness (QED) is 0.288. The Hall–Kier alpha value is 0.274. The average molecular weight is 252 g/mol. The normalized spacial score (nSPS) is 16.4. The highest BCUT2D eigenvalue weighted by Gasteiger charge is 2.34. The van der Waals surface area contributed by atoms with Gasteiger partial charge < -0.3 is 9.16 Å². The fourth-order valence-electron chi connectivity index (χ4n) is 0.732. The van der Waals surface area contributed by atoms with Crippen LogP contribution in [0, 0.1) is 0 Å². The Morgan fingerprint density at radius 3 is 2.00 bits per heavy atom. The number of ether oxygens (including phenoxy) is 1. The maximum absolute atomic E-state index is 5.45. The molecule has 0 aliphatic heterocycles. The monoisotopic (exact) mass is 252 g/mol. The van der Waals surface area contributed by atoms with E-state index in [9.17, 15) is 0 Å². The van der Waals surface area contributed by atoms with Gasteiger partial charge in [-0.15, -0.1) is 0 Å². The van der Waals surface area contributed by atoms with Gasteiger partial charge in [-0.25, -0.2) is 0 Å². The van der Waals surface area contributed by atoms with Crippen LogP contribution in [0.1, 0.15) is 13.3 Å². The van der Waals surface area contributed by atoms with E-state index in [-0.39, 0.29) is 0 Å². The first-order valence-electron chi connectivity index (χ1n) is 5.33. The van der Waals surface area contributed by atoms with Crippen LogP contribution in [0.5, 0.6) is 0 Å². The summed E-state index contributed by atoms with van der Waals surface area (Å²) < 4.78 is 21.7. The van der Waals surface area contributed by atoms with Crippen molar-refractivity contribution in [2.24, 2.45) is 0 Å². The molecular weight excluding hydrogens is 228 g/mol. The topological polar surface area (TPSA) is 36.9 Å². The van der Waals surface area contributed by atoms with Crippen LogP contribution in [-0.4, -0.2) is 36.8 Å². The van der Waals surface area contributed by atoms with Gasteiger partial charge >= 0.3 is 8.56 Å². The number of rotatable bonds is 8. The second-order valence-corrected chi connectivity index (χ2v) is 12.2. The Balaban J connectivity index is 3.96. The summed E-state index contributed by atoms with van der Waals surface area (Å²) in [6.45, 7) is 11.0. The van der Waals surface area contributed by atoms with Gasteiger partial charge in [0, 0.05) is 13.7 Å². The molecule has 6 heteroatoms. The van der Waals surface area contributed by atoms with E-state index in [0.29, 0.717) is 6.23 Å². The molecule has 0 saturated heterocycles. The van der Waals surface area contributed by atoms with Crippen molar-refractivity contribution in [1.29, 1.82) is 0 Å². The molecule has 15 heavy (non-hydrogen) atoms. The van der Waals surface area contributed by atoms with Crippen LogP contribution in [0.25, 0.3) is 0 Å². The van der Waals surface area contributed by atoms with E-state index in [2.05, 4.69) is 26.6 Å². The van der Waals surface area contributed by atoms with Gasteiger partial charge in [-0.3, -0.25) is 9.15 Å². The van der Waals surface area contributed by atoms with Gasteiger partial charge in [-0.05, 0) is 32.6 Å². The Kier molecular flexibility index (Phi) is 6.89. The molecule has 1 unspecified atom stereocenters. The van der Waals surface area contributed by atoms with Crippen LogP contribution in [0.2, 0.25) is 26.2 Å². The van der Waals surface area contributed by atoms with Gasteiger partial charge in [0.25, 0.3) is 0 Å². The zero-order chi connectivity index (χ0) is 11.9. The molecule has 0 rings (SSSR count). The van der Waals surface area contributed by atoms with Crippen molar-refractivity contribution in [2.45, 2.75) is 39.5 Å². The van der Waals surface area contributed by atoms with E-state index in [1.165, 1.54) is 0 Å². The Morgan fingerprint density at radius 2 is 1.60 bits per heavy atom. The van der Waals surface area contributed by atoms with Crippen molar-refractivity contribution >= 4 is 16.9 Å². The molecule has 0 fully saturated rings. The summed E-state index contributed by atoms with van der Waals surface area (Å²) in [5.41, 5.74) is 0. The van der Waals surface area contributed by atoms with Crippen molar-refractivity contribution in [3.63, 3.8) is 0 Å². The van der Waals surface area contributed by atoms with Gasteiger partial charge in [0.05, 0.1) is 6.23 Å². The fourth-order valence-corrected chi connectivity index (χ4v) is 3.19. The molecule has 0 aromatic rings. The van der Waals surface area contributed by atoms with Crippen LogP contribution in [0.3, 0.4) is 0 Å². The average Bonchev–Trinajstić information content (AvgIpc) is 2.14. The smallest absolute Gasteiger partial charge is 0.395 e. The van der Waals surface area contributed by atoms with Gasteiger partial charge in [0.15, 0.2) is 0 Å². The van der Waals surface area contributed by atoms with E-state index in [0.717, 1.165) is 13.0 Å². The molecule has 4 nitrogen and oxygen atoms in total. The highest BCUT2D eigenvalue weighted by atomic mass is 28.4. The third-order valence-corrected chi connectivity index (χ3v) is 4.39. The maximum Gasteiger partial charge on any atom is 0.395 e. The fraction of sp³-hybridized carbons (Fsp3) is 1.00. The third kappa shape index (κ3) is 8.12. The predicted octanol–water partition coefficient (Wildman–Crippen LogP) is 2.45. The first-order valence-corrected chi connectivity index (χ1v) is 11.3. The summed E-state index contributed by atoms with van der Waals surface area (Å²) >= 11 is 0. The van der Waals surface area contributed by atoms with Crippen molar-refractivity contribution in [3.05, 3.63) is 0 Å². The van der Waals surface area contributed by atoms with Crippen LogP contribution < -0.4 is 0 Å². The minimum atomic E-state index is -2.28. The molecule has 0 aromatic heterocycles. The predicted molar refractivity (Wildman–Crippen MR) is 65.3 cm³/mol. The molecule has 0 saturated carbocycles. The molecular formula is C9H24O4Si2. The molecule has 0 amide bonds. The third-order valence-electron chi connectivity index (χ3n) is 1.61.